The zero-order valence-electron chi connectivity index (χ0n) is 10.2. The van der Waals surface area contributed by atoms with E-state index < -0.39 is 12.0 Å². The summed E-state index contributed by atoms with van der Waals surface area (Å²) in [6, 6.07) is 0. The highest BCUT2D eigenvalue weighted by Gasteiger charge is 2.37. The molecule has 1 aliphatic heterocycles. The summed E-state index contributed by atoms with van der Waals surface area (Å²) in [4.78, 5) is 5.25. The molecule has 0 aromatic carbocycles. The maximum atomic E-state index is 12.3. The number of hydrogen-bond donors (Lipinski definition) is 1. The lowest BCUT2D eigenvalue weighted by molar-refractivity contribution is -0.146. The van der Waals surface area contributed by atoms with Crippen LogP contribution in [0.15, 0.2) is 4.52 Å². The molecule has 19 heavy (non-hydrogen) atoms. The van der Waals surface area contributed by atoms with E-state index in [9.17, 15) is 13.2 Å². The van der Waals surface area contributed by atoms with Gasteiger partial charge in [0, 0.05) is 13.1 Å². The standard InChI is InChI=1S/C10H15F3N4O2/c11-10(12,13)9-15-8(19-16-9)6-17-3-4-18-7(5-17)1-2-14/h7H,1-6,14H2. The van der Waals surface area contributed by atoms with Gasteiger partial charge in [-0.1, -0.05) is 5.16 Å². The summed E-state index contributed by atoms with van der Waals surface area (Å²) in [6.45, 7) is 2.43. The van der Waals surface area contributed by atoms with Crippen LogP contribution in [-0.2, 0) is 17.5 Å². The van der Waals surface area contributed by atoms with Gasteiger partial charge in [-0.3, -0.25) is 4.90 Å². The molecule has 0 saturated carbocycles. The van der Waals surface area contributed by atoms with Gasteiger partial charge in [0.1, 0.15) is 0 Å². The Balaban J connectivity index is 1.92. The lowest BCUT2D eigenvalue weighted by atomic mass is 10.2. The second kappa shape index (κ2) is 5.85. The van der Waals surface area contributed by atoms with E-state index in [0.29, 0.717) is 32.7 Å². The predicted octanol–water partition coefficient (Wildman–Crippen LogP) is 0.638. The Morgan fingerprint density at radius 1 is 1.42 bits per heavy atom. The third-order valence-corrected chi connectivity index (χ3v) is 2.79. The van der Waals surface area contributed by atoms with Gasteiger partial charge in [0.05, 0.1) is 19.3 Å². The van der Waals surface area contributed by atoms with E-state index in [-0.39, 0.29) is 18.5 Å². The van der Waals surface area contributed by atoms with Crippen molar-refractivity contribution in [1.29, 1.82) is 0 Å². The maximum absolute atomic E-state index is 12.3. The quantitative estimate of drug-likeness (QED) is 0.872. The first kappa shape index (κ1) is 14.2. The molecule has 2 rings (SSSR count). The van der Waals surface area contributed by atoms with Crippen LogP contribution in [-0.4, -0.2) is 47.4 Å². The summed E-state index contributed by atoms with van der Waals surface area (Å²) in [6.07, 6.45) is -3.85. The minimum Gasteiger partial charge on any atom is -0.376 e. The van der Waals surface area contributed by atoms with E-state index >= 15 is 0 Å². The van der Waals surface area contributed by atoms with Gasteiger partial charge < -0.3 is 15.0 Å². The second-order valence-electron chi connectivity index (χ2n) is 4.31. The molecular formula is C10H15F3N4O2. The van der Waals surface area contributed by atoms with E-state index in [4.69, 9.17) is 10.5 Å². The smallest absolute Gasteiger partial charge is 0.376 e. The van der Waals surface area contributed by atoms with Crippen molar-refractivity contribution in [2.45, 2.75) is 25.2 Å². The summed E-state index contributed by atoms with van der Waals surface area (Å²) < 4.78 is 47.0. The number of ether oxygens (including phenoxy) is 1. The van der Waals surface area contributed by atoms with Crippen LogP contribution < -0.4 is 5.73 Å². The Kier molecular flexibility index (Phi) is 4.38. The fraction of sp³-hybridized carbons (Fsp3) is 0.800. The molecule has 1 aromatic heterocycles. The zero-order valence-corrected chi connectivity index (χ0v) is 10.2. The minimum atomic E-state index is -4.57. The fourth-order valence-corrected chi connectivity index (χ4v) is 1.91. The summed E-state index contributed by atoms with van der Waals surface area (Å²) >= 11 is 0. The van der Waals surface area contributed by atoms with Gasteiger partial charge in [-0.25, -0.2) is 0 Å². The highest BCUT2D eigenvalue weighted by Crippen LogP contribution is 2.26. The molecule has 6 nitrogen and oxygen atoms in total. The van der Waals surface area contributed by atoms with Crippen LogP contribution in [0.2, 0.25) is 0 Å². The highest BCUT2D eigenvalue weighted by atomic mass is 19.4. The third-order valence-electron chi connectivity index (χ3n) is 2.79. The molecule has 0 spiro atoms. The Morgan fingerprint density at radius 3 is 2.84 bits per heavy atom. The van der Waals surface area contributed by atoms with Crippen molar-refractivity contribution in [3.05, 3.63) is 11.7 Å². The van der Waals surface area contributed by atoms with Gasteiger partial charge in [-0.2, -0.15) is 18.2 Å². The van der Waals surface area contributed by atoms with Crippen molar-refractivity contribution in [1.82, 2.24) is 15.0 Å². The zero-order chi connectivity index (χ0) is 13.9. The largest absolute Gasteiger partial charge is 0.455 e. The number of alkyl halides is 3. The molecule has 1 saturated heterocycles. The molecule has 9 heteroatoms. The van der Waals surface area contributed by atoms with Crippen LogP contribution in [0, 0.1) is 0 Å². The topological polar surface area (TPSA) is 77.4 Å². The molecular weight excluding hydrogens is 265 g/mol. The van der Waals surface area contributed by atoms with Crippen molar-refractivity contribution < 1.29 is 22.4 Å². The lowest BCUT2D eigenvalue weighted by Gasteiger charge is -2.31. The Bertz CT molecular complexity index is 408. The molecule has 1 aromatic rings. The van der Waals surface area contributed by atoms with Gasteiger partial charge in [-0.05, 0) is 13.0 Å². The summed E-state index contributed by atoms with van der Waals surface area (Å²) in [5, 5.41) is 2.92. The average molecular weight is 280 g/mol. The number of nitrogens with zero attached hydrogens (tertiary/aromatic N) is 3. The molecule has 0 radical (unpaired) electrons. The van der Waals surface area contributed by atoms with Gasteiger partial charge >= 0.3 is 6.18 Å². The van der Waals surface area contributed by atoms with Crippen LogP contribution in [0.25, 0.3) is 0 Å². The second-order valence-corrected chi connectivity index (χ2v) is 4.31. The Morgan fingerprint density at radius 2 is 2.21 bits per heavy atom. The van der Waals surface area contributed by atoms with Gasteiger partial charge in [0.2, 0.25) is 5.89 Å². The van der Waals surface area contributed by atoms with Crippen LogP contribution in [0.3, 0.4) is 0 Å². The maximum Gasteiger partial charge on any atom is 0.455 e. The predicted molar refractivity (Wildman–Crippen MR) is 58.0 cm³/mol. The SMILES string of the molecule is NCCC1CN(Cc2nc(C(F)(F)F)no2)CCO1. The van der Waals surface area contributed by atoms with Crippen LogP contribution in [0.1, 0.15) is 18.1 Å². The van der Waals surface area contributed by atoms with Crippen molar-refractivity contribution in [3.63, 3.8) is 0 Å². The lowest BCUT2D eigenvalue weighted by Crippen LogP contribution is -2.42. The van der Waals surface area contributed by atoms with Gasteiger partial charge in [-0.15, -0.1) is 0 Å². The van der Waals surface area contributed by atoms with Crippen molar-refractivity contribution in [3.8, 4) is 0 Å². The van der Waals surface area contributed by atoms with Gasteiger partial charge in [0.25, 0.3) is 5.82 Å². The molecule has 1 aliphatic rings. The van der Waals surface area contributed by atoms with E-state index in [1.165, 1.54) is 0 Å². The van der Waals surface area contributed by atoms with Gasteiger partial charge in [0.15, 0.2) is 0 Å². The summed E-state index contributed by atoms with van der Waals surface area (Å²) in [5.74, 6) is -1.28. The molecule has 1 unspecified atom stereocenters. The molecule has 0 aliphatic carbocycles. The normalized spacial score (nSPS) is 21.8. The molecule has 0 bridgehead atoms. The van der Waals surface area contributed by atoms with Crippen LogP contribution in [0.5, 0.6) is 0 Å². The minimum absolute atomic E-state index is 0.00348. The van der Waals surface area contributed by atoms with Crippen LogP contribution in [0.4, 0.5) is 13.2 Å². The van der Waals surface area contributed by atoms with E-state index in [0.717, 1.165) is 0 Å². The number of hydrogen-bond acceptors (Lipinski definition) is 6. The third kappa shape index (κ3) is 3.88. The monoisotopic (exact) mass is 280 g/mol. The first-order valence-corrected chi connectivity index (χ1v) is 5.93. The summed E-state index contributed by atoms with van der Waals surface area (Å²) in [7, 11) is 0. The van der Waals surface area contributed by atoms with Crippen molar-refractivity contribution >= 4 is 0 Å². The molecule has 0 amide bonds. The molecule has 2 N–H and O–H groups in total. The Hall–Kier alpha value is -1.19. The molecule has 108 valence electrons. The fourth-order valence-electron chi connectivity index (χ4n) is 1.91. The number of aromatic nitrogens is 2. The first-order chi connectivity index (χ1) is 8.99. The van der Waals surface area contributed by atoms with Crippen molar-refractivity contribution in [2.75, 3.05) is 26.2 Å². The molecule has 1 atom stereocenters. The van der Waals surface area contributed by atoms with E-state index in [1.54, 1.807) is 0 Å². The number of nitrogens with two attached hydrogens (primary N) is 1. The number of morpholine rings is 1. The number of rotatable bonds is 4. The number of halogens is 3. The molecule has 2 heterocycles. The van der Waals surface area contributed by atoms with E-state index in [1.807, 2.05) is 4.90 Å². The highest BCUT2D eigenvalue weighted by molar-refractivity contribution is 4.91. The van der Waals surface area contributed by atoms with Crippen LogP contribution >= 0.6 is 0 Å². The molecule has 1 fully saturated rings. The first-order valence-electron chi connectivity index (χ1n) is 5.93. The Labute approximate surface area is 107 Å². The average Bonchev–Trinajstić information content (AvgIpc) is 2.78. The summed E-state index contributed by atoms with van der Waals surface area (Å²) in [5.41, 5.74) is 5.44. The van der Waals surface area contributed by atoms with Crippen molar-refractivity contribution in [2.24, 2.45) is 5.73 Å². The van der Waals surface area contributed by atoms with E-state index in [2.05, 4.69) is 14.7 Å².